The first-order valence-corrected chi connectivity index (χ1v) is 11.5. The first-order valence-electron chi connectivity index (χ1n) is 11.5. The third-order valence-corrected chi connectivity index (χ3v) is 6.02. The third-order valence-electron chi connectivity index (χ3n) is 6.02. The number of amides is 1. The number of hydrogen-bond acceptors (Lipinski definition) is 4. The fourth-order valence-electron chi connectivity index (χ4n) is 4.05. The van der Waals surface area contributed by atoms with Gasteiger partial charge in [0.25, 0.3) is 0 Å². The molecule has 7 nitrogen and oxygen atoms in total. The van der Waals surface area contributed by atoms with Crippen LogP contribution in [0.15, 0.2) is 29.3 Å². The van der Waals surface area contributed by atoms with Gasteiger partial charge in [-0.05, 0) is 44.6 Å². The average molecular weight is 431 g/mol. The van der Waals surface area contributed by atoms with E-state index in [1.807, 2.05) is 0 Å². The van der Waals surface area contributed by atoms with E-state index >= 15 is 0 Å². The molecule has 2 aliphatic rings. The van der Waals surface area contributed by atoms with Crippen LogP contribution in [-0.4, -0.2) is 69.8 Å². The molecule has 2 fully saturated rings. The van der Waals surface area contributed by atoms with Gasteiger partial charge in [-0.2, -0.15) is 0 Å². The van der Waals surface area contributed by atoms with E-state index in [9.17, 15) is 4.79 Å². The second kappa shape index (κ2) is 12.1. The molecule has 1 aromatic rings. The maximum atomic E-state index is 12.0. The molecule has 0 bridgehead atoms. The number of rotatable bonds is 7. The Balaban J connectivity index is 1.61. The molecule has 0 aliphatic carbocycles. The number of nitrogens with one attached hydrogen (secondary N) is 2. The number of benzene rings is 1. The number of nitrogens with zero attached hydrogens (tertiary/aromatic N) is 2. The van der Waals surface area contributed by atoms with Crippen molar-refractivity contribution in [3.05, 3.63) is 35.4 Å². The number of hydrogen-bond donors (Lipinski definition) is 2. The lowest BCUT2D eigenvalue weighted by Gasteiger charge is -2.33. The normalized spacial score (nSPS) is 24.5. The summed E-state index contributed by atoms with van der Waals surface area (Å²) in [6, 6.07) is 8.62. The van der Waals surface area contributed by atoms with Crippen LogP contribution in [-0.2, 0) is 14.3 Å². The van der Waals surface area contributed by atoms with E-state index in [4.69, 9.17) is 9.47 Å². The maximum absolute atomic E-state index is 12.0. The molecule has 3 unspecified atom stereocenters. The molecule has 2 heterocycles. The minimum atomic E-state index is -0.0199. The van der Waals surface area contributed by atoms with Gasteiger partial charge in [0.1, 0.15) is 6.54 Å². The fraction of sp³-hybridized carbons (Fsp3) is 0.667. The van der Waals surface area contributed by atoms with Crippen molar-refractivity contribution in [3.8, 4) is 0 Å². The van der Waals surface area contributed by atoms with Crippen LogP contribution in [0, 0.1) is 12.8 Å². The minimum absolute atomic E-state index is 0.0199. The number of aryl methyl sites for hydroxylation is 1. The molecule has 7 heteroatoms. The Hall–Kier alpha value is -2.12. The van der Waals surface area contributed by atoms with Crippen molar-refractivity contribution in [3.63, 3.8) is 0 Å². The minimum Gasteiger partial charge on any atom is -0.376 e. The van der Waals surface area contributed by atoms with Gasteiger partial charge in [0, 0.05) is 46.3 Å². The van der Waals surface area contributed by atoms with Crippen LogP contribution in [0.5, 0.6) is 0 Å². The quantitative estimate of drug-likeness (QED) is 0.514. The Morgan fingerprint density at radius 1 is 1.03 bits per heavy atom. The Bertz CT molecular complexity index is 714. The summed E-state index contributed by atoms with van der Waals surface area (Å²) in [4.78, 5) is 18.1. The van der Waals surface area contributed by atoms with Crippen molar-refractivity contribution in [2.75, 3.05) is 46.9 Å². The zero-order valence-electron chi connectivity index (χ0n) is 19.2. The van der Waals surface area contributed by atoms with Gasteiger partial charge in [-0.3, -0.25) is 4.79 Å². The molecule has 0 aromatic heterocycles. The molecular formula is C24H38N4O3. The van der Waals surface area contributed by atoms with Crippen LogP contribution < -0.4 is 10.6 Å². The summed E-state index contributed by atoms with van der Waals surface area (Å²) in [5.41, 5.74) is 2.48. The topological polar surface area (TPSA) is 75.2 Å². The molecule has 2 N–H and O–H groups in total. The first kappa shape index (κ1) is 23.5. The van der Waals surface area contributed by atoms with Crippen molar-refractivity contribution in [1.29, 1.82) is 0 Å². The molecule has 2 saturated heterocycles. The molecule has 3 rings (SSSR count). The molecule has 0 radical (unpaired) electrons. The van der Waals surface area contributed by atoms with E-state index in [0.717, 1.165) is 45.4 Å². The van der Waals surface area contributed by atoms with Crippen LogP contribution in [0.25, 0.3) is 0 Å². The van der Waals surface area contributed by atoms with E-state index in [1.54, 1.807) is 19.0 Å². The number of likely N-dealkylation sites (N-methyl/N-ethyl adjacent to an activating group) is 1. The number of carbonyl (C=O) groups excluding carboxylic acids is 1. The number of guanidine groups is 1. The summed E-state index contributed by atoms with van der Waals surface area (Å²) >= 11 is 0. The predicted molar refractivity (Wildman–Crippen MR) is 123 cm³/mol. The summed E-state index contributed by atoms with van der Waals surface area (Å²) < 4.78 is 12.0. The SMILES string of the molecule is Cc1ccc(C2OCCCC2CNC(=NCC(=O)N(C)C)NCC2CCCCO2)cc1. The standard InChI is InChI=1S/C24H38N4O3/c1-18-9-11-19(12-10-18)23-20(7-6-14-31-23)15-25-24(27-17-22(29)28(2)3)26-16-21-8-4-5-13-30-21/h9-12,20-21,23H,4-8,13-17H2,1-3H3,(H2,25,26,27). The van der Waals surface area contributed by atoms with Gasteiger partial charge >= 0.3 is 0 Å². The number of ether oxygens (including phenoxy) is 2. The zero-order valence-corrected chi connectivity index (χ0v) is 19.2. The lowest BCUT2D eigenvalue weighted by atomic mass is 9.89. The van der Waals surface area contributed by atoms with Crippen LogP contribution >= 0.6 is 0 Å². The predicted octanol–water partition coefficient (Wildman–Crippen LogP) is 2.66. The lowest BCUT2D eigenvalue weighted by Crippen LogP contribution is -2.45. The van der Waals surface area contributed by atoms with Crippen LogP contribution in [0.4, 0.5) is 0 Å². The molecule has 172 valence electrons. The molecule has 3 atom stereocenters. The monoisotopic (exact) mass is 430 g/mol. The summed E-state index contributed by atoms with van der Waals surface area (Å²) in [5, 5.41) is 6.85. The van der Waals surface area contributed by atoms with E-state index < -0.39 is 0 Å². The highest BCUT2D eigenvalue weighted by Gasteiger charge is 2.27. The Labute approximate surface area is 186 Å². The molecule has 1 amide bonds. The van der Waals surface area contributed by atoms with Gasteiger partial charge < -0.3 is 25.0 Å². The van der Waals surface area contributed by atoms with Crippen LogP contribution in [0.2, 0.25) is 0 Å². The van der Waals surface area contributed by atoms with Crippen LogP contribution in [0.3, 0.4) is 0 Å². The highest BCUT2D eigenvalue weighted by molar-refractivity contribution is 5.84. The highest BCUT2D eigenvalue weighted by atomic mass is 16.5. The van der Waals surface area contributed by atoms with E-state index in [-0.39, 0.29) is 24.7 Å². The molecule has 2 aliphatic heterocycles. The third kappa shape index (κ3) is 7.51. The van der Waals surface area contributed by atoms with Gasteiger partial charge in [-0.15, -0.1) is 0 Å². The summed E-state index contributed by atoms with van der Waals surface area (Å²) in [6.07, 6.45) is 5.82. The molecular weight excluding hydrogens is 392 g/mol. The number of aliphatic imine (C=N–C) groups is 1. The number of carbonyl (C=O) groups is 1. The zero-order chi connectivity index (χ0) is 22.1. The smallest absolute Gasteiger partial charge is 0.243 e. The second-order valence-corrected chi connectivity index (χ2v) is 8.81. The van der Waals surface area contributed by atoms with Gasteiger partial charge in [0.2, 0.25) is 5.91 Å². The molecule has 1 aromatic carbocycles. The highest BCUT2D eigenvalue weighted by Crippen LogP contribution is 2.33. The molecule has 0 spiro atoms. The van der Waals surface area contributed by atoms with Gasteiger partial charge in [0.15, 0.2) is 5.96 Å². The molecule has 31 heavy (non-hydrogen) atoms. The van der Waals surface area contributed by atoms with Crippen molar-refractivity contribution in [2.45, 2.75) is 51.2 Å². The lowest BCUT2D eigenvalue weighted by molar-refractivity contribution is -0.127. The average Bonchev–Trinajstić information content (AvgIpc) is 2.79. The Morgan fingerprint density at radius 3 is 2.48 bits per heavy atom. The Morgan fingerprint density at radius 2 is 1.77 bits per heavy atom. The van der Waals surface area contributed by atoms with Gasteiger partial charge in [0.05, 0.1) is 12.2 Å². The van der Waals surface area contributed by atoms with Crippen molar-refractivity contribution < 1.29 is 14.3 Å². The largest absolute Gasteiger partial charge is 0.376 e. The van der Waals surface area contributed by atoms with Crippen LogP contribution in [0.1, 0.15) is 49.3 Å². The summed E-state index contributed by atoms with van der Waals surface area (Å²) in [6.45, 7) is 5.28. The van der Waals surface area contributed by atoms with Gasteiger partial charge in [-0.1, -0.05) is 29.8 Å². The van der Waals surface area contributed by atoms with E-state index in [0.29, 0.717) is 18.4 Å². The molecule has 0 saturated carbocycles. The maximum Gasteiger partial charge on any atom is 0.243 e. The second-order valence-electron chi connectivity index (χ2n) is 8.81. The fourth-order valence-corrected chi connectivity index (χ4v) is 4.05. The first-order chi connectivity index (χ1) is 15.0. The van der Waals surface area contributed by atoms with Crippen molar-refractivity contribution in [1.82, 2.24) is 15.5 Å². The summed E-state index contributed by atoms with van der Waals surface area (Å²) in [7, 11) is 3.50. The van der Waals surface area contributed by atoms with Crippen molar-refractivity contribution in [2.24, 2.45) is 10.9 Å². The summed E-state index contributed by atoms with van der Waals surface area (Å²) in [5.74, 6) is 0.991. The van der Waals surface area contributed by atoms with Gasteiger partial charge in [-0.25, -0.2) is 4.99 Å². The Kier molecular flexibility index (Phi) is 9.15. The van der Waals surface area contributed by atoms with E-state index in [2.05, 4.69) is 46.8 Å². The van der Waals surface area contributed by atoms with E-state index in [1.165, 1.54) is 17.5 Å². The van der Waals surface area contributed by atoms with Crippen molar-refractivity contribution >= 4 is 11.9 Å².